The van der Waals surface area contributed by atoms with Crippen molar-refractivity contribution < 1.29 is 33.7 Å². The van der Waals surface area contributed by atoms with Crippen molar-refractivity contribution in [3.63, 3.8) is 0 Å². The number of carboxylic acids is 1. The van der Waals surface area contributed by atoms with Crippen LogP contribution in [-0.2, 0) is 14.4 Å². The average Bonchev–Trinajstić information content (AvgIpc) is 3.32. The molecule has 1 unspecified atom stereocenters. The van der Waals surface area contributed by atoms with E-state index in [4.69, 9.17) is 25.4 Å². The first-order chi connectivity index (χ1) is 16.8. The molecule has 2 amide bonds. The Kier molecular flexibility index (Phi) is 7.04. The molecule has 35 heavy (non-hydrogen) atoms. The lowest BCUT2D eigenvalue weighted by molar-refractivity contribution is -0.159. The second kappa shape index (κ2) is 10.3. The van der Waals surface area contributed by atoms with E-state index in [1.54, 1.807) is 42.5 Å². The third-order valence-electron chi connectivity index (χ3n) is 5.88. The van der Waals surface area contributed by atoms with Gasteiger partial charge in [-0.25, -0.2) is 0 Å². The monoisotopic (exact) mass is 482 g/mol. The van der Waals surface area contributed by atoms with Crippen LogP contribution in [0.5, 0.6) is 17.2 Å². The SMILES string of the molecule is N=C(N)c1ccc(OCCCN2CCN(C(CC(=O)O)c3cccc4c3OCO4)C(=O)C2=O)cc1. The first-order valence-corrected chi connectivity index (χ1v) is 11.1. The number of carbonyl (C=O) groups is 3. The van der Waals surface area contributed by atoms with Crippen molar-refractivity contribution in [2.45, 2.75) is 18.9 Å². The van der Waals surface area contributed by atoms with Crippen molar-refractivity contribution in [1.29, 1.82) is 5.41 Å². The molecule has 11 heteroatoms. The quantitative estimate of drug-likeness (QED) is 0.198. The Morgan fingerprint density at radius 2 is 1.89 bits per heavy atom. The molecule has 2 aromatic rings. The highest BCUT2D eigenvalue weighted by Gasteiger charge is 2.39. The van der Waals surface area contributed by atoms with Gasteiger partial charge in [0, 0.05) is 30.8 Å². The second-order valence-electron chi connectivity index (χ2n) is 8.13. The molecular weight excluding hydrogens is 456 g/mol. The Bertz CT molecular complexity index is 1140. The highest BCUT2D eigenvalue weighted by molar-refractivity contribution is 6.35. The molecule has 2 heterocycles. The minimum absolute atomic E-state index is 0.00966. The Balaban J connectivity index is 1.36. The number of benzene rings is 2. The van der Waals surface area contributed by atoms with Crippen LogP contribution in [0.1, 0.15) is 30.0 Å². The number of nitrogens with two attached hydrogens (primary N) is 1. The van der Waals surface area contributed by atoms with E-state index in [2.05, 4.69) is 0 Å². The van der Waals surface area contributed by atoms with Gasteiger partial charge >= 0.3 is 17.8 Å². The number of hydrogen-bond acceptors (Lipinski definition) is 7. The predicted molar refractivity (Wildman–Crippen MR) is 123 cm³/mol. The van der Waals surface area contributed by atoms with E-state index in [-0.39, 0.29) is 32.1 Å². The van der Waals surface area contributed by atoms with E-state index in [0.717, 1.165) is 0 Å². The van der Waals surface area contributed by atoms with Gasteiger partial charge in [0.25, 0.3) is 0 Å². The summed E-state index contributed by atoms with van der Waals surface area (Å²) in [5, 5.41) is 16.9. The number of carboxylic acid groups (broad SMARTS) is 1. The van der Waals surface area contributed by atoms with Crippen LogP contribution < -0.4 is 19.9 Å². The van der Waals surface area contributed by atoms with E-state index in [1.165, 1.54) is 9.80 Å². The molecule has 4 N–H and O–H groups in total. The van der Waals surface area contributed by atoms with Crippen molar-refractivity contribution >= 4 is 23.6 Å². The zero-order valence-corrected chi connectivity index (χ0v) is 18.9. The summed E-state index contributed by atoms with van der Waals surface area (Å²) in [6.45, 7) is 1.14. The number of hydrogen-bond donors (Lipinski definition) is 3. The number of carbonyl (C=O) groups excluding carboxylic acids is 2. The summed E-state index contributed by atoms with van der Waals surface area (Å²) in [5.41, 5.74) is 6.53. The lowest BCUT2D eigenvalue weighted by atomic mass is 9.99. The topological polar surface area (TPSA) is 155 Å². The van der Waals surface area contributed by atoms with Crippen molar-refractivity contribution in [3.8, 4) is 17.2 Å². The van der Waals surface area contributed by atoms with E-state index >= 15 is 0 Å². The number of piperazine rings is 1. The van der Waals surface area contributed by atoms with Gasteiger partial charge < -0.3 is 34.9 Å². The minimum Gasteiger partial charge on any atom is -0.494 e. The minimum atomic E-state index is -1.09. The molecule has 0 saturated carbocycles. The largest absolute Gasteiger partial charge is 0.494 e. The van der Waals surface area contributed by atoms with Crippen LogP contribution in [0.2, 0.25) is 0 Å². The maximum absolute atomic E-state index is 13.0. The molecule has 0 spiro atoms. The zero-order valence-electron chi connectivity index (χ0n) is 18.9. The van der Waals surface area contributed by atoms with Crippen LogP contribution in [0, 0.1) is 5.41 Å². The molecule has 0 radical (unpaired) electrons. The van der Waals surface area contributed by atoms with Gasteiger partial charge in [0.1, 0.15) is 11.6 Å². The molecule has 4 rings (SSSR count). The standard InChI is InChI=1S/C24H26N4O7/c25-22(26)15-5-7-16(8-6-15)33-12-2-9-27-10-11-28(24(32)23(27)31)18(13-20(29)30)17-3-1-4-19-21(17)35-14-34-19/h1,3-8,18H,2,9-14H2,(H3,25,26)(H,29,30). The zero-order chi connectivity index (χ0) is 24.9. The number of amides is 2. The van der Waals surface area contributed by atoms with E-state index < -0.39 is 23.8 Å². The number of amidine groups is 1. The molecule has 1 saturated heterocycles. The van der Waals surface area contributed by atoms with Crippen molar-refractivity contribution in [2.24, 2.45) is 5.73 Å². The molecule has 0 aromatic heterocycles. The summed E-state index contributed by atoms with van der Waals surface area (Å²) in [6.07, 6.45) is 0.137. The fourth-order valence-corrected chi connectivity index (χ4v) is 4.15. The molecule has 1 fully saturated rings. The molecule has 0 bridgehead atoms. The fourth-order valence-electron chi connectivity index (χ4n) is 4.15. The van der Waals surface area contributed by atoms with Gasteiger partial charge in [0.05, 0.1) is 19.1 Å². The van der Waals surface area contributed by atoms with Crippen LogP contribution in [0.15, 0.2) is 42.5 Å². The van der Waals surface area contributed by atoms with E-state index in [0.29, 0.717) is 47.9 Å². The number of nitrogens with zero attached hydrogens (tertiary/aromatic N) is 2. The molecule has 11 nitrogen and oxygen atoms in total. The highest BCUT2D eigenvalue weighted by atomic mass is 16.7. The van der Waals surface area contributed by atoms with Gasteiger partial charge in [-0.1, -0.05) is 12.1 Å². The number of rotatable bonds is 10. The number of fused-ring (bicyclic) bond motifs is 1. The van der Waals surface area contributed by atoms with Crippen LogP contribution in [0.25, 0.3) is 0 Å². The first-order valence-electron chi connectivity index (χ1n) is 11.1. The van der Waals surface area contributed by atoms with Crippen molar-refractivity contribution in [1.82, 2.24) is 9.80 Å². The van der Waals surface area contributed by atoms with Crippen LogP contribution >= 0.6 is 0 Å². The van der Waals surface area contributed by atoms with Crippen LogP contribution in [0.3, 0.4) is 0 Å². The van der Waals surface area contributed by atoms with E-state index in [1.807, 2.05) is 0 Å². The molecule has 184 valence electrons. The Labute approximate surface area is 201 Å². The summed E-state index contributed by atoms with van der Waals surface area (Å²) >= 11 is 0. The summed E-state index contributed by atoms with van der Waals surface area (Å²) in [6, 6.07) is 11.0. The third-order valence-corrected chi connectivity index (χ3v) is 5.88. The van der Waals surface area contributed by atoms with Gasteiger partial charge in [0.15, 0.2) is 11.5 Å². The van der Waals surface area contributed by atoms with Gasteiger partial charge in [-0.2, -0.15) is 0 Å². The van der Waals surface area contributed by atoms with Gasteiger partial charge in [-0.05, 0) is 36.8 Å². The molecular formula is C24H26N4O7. The molecule has 2 aliphatic rings. The molecule has 2 aliphatic heterocycles. The normalized spacial score (nSPS) is 15.8. The van der Waals surface area contributed by atoms with Crippen LogP contribution in [0.4, 0.5) is 0 Å². The van der Waals surface area contributed by atoms with E-state index in [9.17, 15) is 19.5 Å². The Morgan fingerprint density at radius 1 is 1.11 bits per heavy atom. The maximum Gasteiger partial charge on any atom is 0.312 e. The fraction of sp³-hybridized carbons (Fsp3) is 0.333. The number of nitrogen functional groups attached to an aromatic ring is 1. The highest BCUT2D eigenvalue weighted by Crippen LogP contribution is 2.41. The van der Waals surface area contributed by atoms with Gasteiger partial charge in [-0.15, -0.1) is 0 Å². The molecule has 2 aromatic carbocycles. The molecule has 1 atom stereocenters. The van der Waals surface area contributed by atoms with Crippen molar-refractivity contribution in [3.05, 3.63) is 53.6 Å². The number of para-hydroxylation sites is 1. The van der Waals surface area contributed by atoms with Crippen LogP contribution in [-0.4, -0.2) is 71.6 Å². The van der Waals surface area contributed by atoms with Gasteiger partial charge in [0.2, 0.25) is 6.79 Å². The lowest BCUT2D eigenvalue weighted by Gasteiger charge is -2.38. The summed E-state index contributed by atoms with van der Waals surface area (Å²) in [7, 11) is 0. The summed E-state index contributed by atoms with van der Waals surface area (Å²) in [5.74, 6) is -1.06. The number of ether oxygens (including phenoxy) is 3. The summed E-state index contributed by atoms with van der Waals surface area (Å²) < 4.78 is 16.5. The van der Waals surface area contributed by atoms with Gasteiger partial charge in [-0.3, -0.25) is 19.8 Å². The third kappa shape index (κ3) is 5.29. The average molecular weight is 482 g/mol. The molecule has 0 aliphatic carbocycles. The first kappa shape index (κ1) is 23.9. The number of aliphatic carboxylic acids is 1. The maximum atomic E-state index is 13.0. The smallest absolute Gasteiger partial charge is 0.312 e. The van der Waals surface area contributed by atoms with Crippen molar-refractivity contribution in [2.75, 3.05) is 33.0 Å². The lowest BCUT2D eigenvalue weighted by Crippen LogP contribution is -2.55. The predicted octanol–water partition coefficient (Wildman–Crippen LogP) is 1.36. The Hall–Kier alpha value is -4.28. The Morgan fingerprint density at radius 3 is 2.60 bits per heavy atom. The summed E-state index contributed by atoms with van der Waals surface area (Å²) in [4.78, 5) is 40.1. The second-order valence-corrected chi connectivity index (χ2v) is 8.13. The number of nitrogens with one attached hydrogen (secondary N) is 1.